The average Bonchev–Trinajstić information content (AvgIpc) is 2.98. The second-order valence-corrected chi connectivity index (χ2v) is 6.40. The van der Waals surface area contributed by atoms with E-state index in [0.29, 0.717) is 13.2 Å². The quantitative estimate of drug-likeness (QED) is 0.697. The molecule has 3 nitrogen and oxygen atoms in total. The van der Waals surface area contributed by atoms with Gasteiger partial charge in [-0.25, -0.2) is 0 Å². The number of hydrogen-bond acceptors (Lipinski definition) is 5. The summed E-state index contributed by atoms with van der Waals surface area (Å²) < 4.78 is 11.1. The Kier molecular flexibility index (Phi) is 4.71. The van der Waals surface area contributed by atoms with Crippen LogP contribution < -0.4 is 9.47 Å². The van der Waals surface area contributed by atoms with Gasteiger partial charge in [0.1, 0.15) is 19.8 Å². The van der Waals surface area contributed by atoms with E-state index in [2.05, 4.69) is 24.0 Å². The zero-order valence-corrected chi connectivity index (χ0v) is 12.9. The average molecular weight is 318 g/mol. The second-order valence-electron chi connectivity index (χ2n) is 4.36. The fourth-order valence-electron chi connectivity index (χ4n) is 1.93. The lowest BCUT2D eigenvalue weighted by atomic mass is 10.3. The molecule has 0 aliphatic carbocycles. The maximum atomic E-state index is 8.69. The lowest BCUT2D eigenvalue weighted by Gasteiger charge is -2.18. The summed E-state index contributed by atoms with van der Waals surface area (Å²) in [4.78, 5) is 2.42. The van der Waals surface area contributed by atoms with E-state index in [4.69, 9.17) is 14.6 Å². The standard InChI is InChI=1S/C16H14O3S2/c17-5-1-2-12-8-14(20-10-12)11-21-13-3-4-15-16(9-13)19-7-6-18-15/h3-4,8-10,17H,5-7,11H2. The second kappa shape index (κ2) is 6.90. The summed E-state index contributed by atoms with van der Waals surface area (Å²) in [5, 5.41) is 10.7. The maximum Gasteiger partial charge on any atom is 0.162 e. The van der Waals surface area contributed by atoms with Gasteiger partial charge in [-0.05, 0) is 24.3 Å². The maximum absolute atomic E-state index is 8.69. The molecule has 1 aliphatic rings. The van der Waals surface area contributed by atoms with Crippen LogP contribution in [0.3, 0.4) is 0 Å². The number of thioether (sulfide) groups is 1. The Morgan fingerprint density at radius 2 is 2.05 bits per heavy atom. The number of aliphatic hydroxyl groups excluding tert-OH is 1. The van der Waals surface area contributed by atoms with Gasteiger partial charge in [0.25, 0.3) is 0 Å². The van der Waals surface area contributed by atoms with Gasteiger partial charge in [-0.1, -0.05) is 11.8 Å². The first-order valence-corrected chi connectivity index (χ1v) is 8.41. The smallest absolute Gasteiger partial charge is 0.162 e. The highest BCUT2D eigenvalue weighted by molar-refractivity contribution is 7.98. The summed E-state index contributed by atoms with van der Waals surface area (Å²) in [6, 6.07) is 8.11. The van der Waals surface area contributed by atoms with Gasteiger partial charge in [0.05, 0.1) is 0 Å². The summed E-state index contributed by atoms with van der Waals surface area (Å²) in [5.74, 6) is 8.12. The Labute approximate surface area is 131 Å². The van der Waals surface area contributed by atoms with E-state index < -0.39 is 0 Å². The van der Waals surface area contributed by atoms with E-state index in [-0.39, 0.29) is 6.61 Å². The van der Waals surface area contributed by atoms with Crippen LogP contribution in [0.2, 0.25) is 0 Å². The number of thiophene rings is 1. The third-order valence-electron chi connectivity index (χ3n) is 2.86. The normalized spacial score (nSPS) is 12.6. The van der Waals surface area contributed by atoms with Crippen LogP contribution in [0.5, 0.6) is 11.5 Å². The number of ether oxygens (including phenoxy) is 2. The molecule has 2 aromatic rings. The van der Waals surface area contributed by atoms with Gasteiger partial charge in [0.15, 0.2) is 11.5 Å². The van der Waals surface area contributed by atoms with Crippen molar-refractivity contribution in [2.45, 2.75) is 10.6 Å². The van der Waals surface area contributed by atoms with E-state index in [1.165, 1.54) is 4.88 Å². The minimum atomic E-state index is -0.100. The molecule has 0 unspecified atom stereocenters. The third kappa shape index (κ3) is 3.73. The molecular formula is C16H14O3S2. The molecule has 1 N–H and O–H groups in total. The van der Waals surface area contributed by atoms with Crippen molar-refractivity contribution in [3.63, 3.8) is 0 Å². The van der Waals surface area contributed by atoms with E-state index in [1.807, 2.05) is 17.5 Å². The monoisotopic (exact) mass is 318 g/mol. The fraction of sp³-hybridized carbons (Fsp3) is 0.250. The molecule has 0 atom stereocenters. The number of hydrogen-bond donors (Lipinski definition) is 1. The van der Waals surface area contributed by atoms with Crippen LogP contribution in [0.25, 0.3) is 0 Å². The molecule has 0 fully saturated rings. The van der Waals surface area contributed by atoms with E-state index in [9.17, 15) is 0 Å². The van der Waals surface area contributed by atoms with Crippen molar-refractivity contribution in [1.29, 1.82) is 0 Å². The lowest BCUT2D eigenvalue weighted by molar-refractivity contribution is 0.171. The molecule has 2 heterocycles. The molecule has 0 saturated heterocycles. The van der Waals surface area contributed by atoms with Crippen LogP contribution in [-0.4, -0.2) is 24.9 Å². The van der Waals surface area contributed by atoms with Crippen molar-refractivity contribution in [3.05, 3.63) is 40.1 Å². The minimum Gasteiger partial charge on any atom is -0.486 e. The van der Waals surface area contributed by atoms with Crippen molar-refractivity contribution in [2.24, 2.45) is 0 Å². The molecule has 0 radical (unpaired) electrons. The Hall–Kier alpha value is -1.61. The Balaban J connectivity index is 1.63. The zero-order valence-electron chi connectivity index (χ0n) is 11.3. The fourth-order valence-corrected chi connectivity index (χ4v) is 3.73. The van der Waals surface area contributed by atoms with Crippen LogP contribution in [-0.2, 0) is 5.75 Å². The summed E-state index contributed by atoms with van der Waals surface area (Å²) in [6.07, 6.45) is 0. The van der Waals surface area contributed by atoms with E-state index in [1.54, 1.807) is 23.1 Å². The van der Waals surface area contributed by atoms with Crippen molar-refractivity contribution in [3.8, 4) is 23.3 Å². The number of fused-ring (bicyclic) bond motifs is 1. The largest absolute Gasteiger partial charge is 0.486 e. The van der Waals surface area contributed by atoms with Crippen molar-refractivity contribution in [1.82, 2.24) is 0 Å². The summed E-state index contributed by atoms with van der Waals surface area (Å²) in [7, 11) is 0. The number of aliphatic hydroxyl groups is 1. The molecule has 0 saturated carbocycles. The topological polar surface area (TPSA) is 38.7 Å². The first-order valence-electron chi connectivity index (χ1n) is 6.55. The van der Waals surface area contributed by atoms with Crippen LogP contribution in [0.15, 0.2) is 34.5 Å². The predicted octanol–water partition coefficient (Wildman–Crippen LogP) is 3.16. The van der Waals surface area contributed by atoms with Gasteiger partial charge in [-0.15, -0.1) is 23.1 Å². The predicted molar refractivity (Wildman–Crippen MR) is 85.3 cm³/mol. The van der Waals surface area contributed by atoms with E-state index >= 15 is 0 Å². The SMILES string of the molecule is OCC#Cc1csc(CSc2ccc3c(c2)OCCO3)c1. The van der Waals surface area contributed by atoms with Crippen LogP contribution >= 0.6 is 23.1 Å². The van der Waals surface area contributed by atoms with Crippen molar-refractivity contribution >= 4 is 23.1 Å². The van der Waals surface area contributed by atoms with Crippen LogP contribution in [0, 0.1) is 11.8 Å². The van der Waals surface area contributed by atoms with Gasteiger partial charge < -0.3 is 14.6 Å². The molecule has 1 aromatic heterocycles. The Morgan fingerprint density at radius 1 is 1.19 bits per heavy atom. The Bertz CT molecular complexity index is 682. The lowest BCUT2D eigenvalue weighted by Crippen LogP contribution is -2.15. The summed E-state index contributed by atoms with van der Waals surface area (Å²) in [6.45, 7) is 1.13. The molecule has 21 heavy (non-hydrogen) atoms. The van der Waals surface area contributed by atoms with Gasteiger partial charge in [-0.3, -0.25) is 0 Å². The third-order valence-corrected chi connectivity index (χ3v) is 5.02. The number of benzene rings is 1. The van der Waals surface area contributed by atoms with Gasteiger partial charge in [-0.2, -0.15) is 0 Å². The van der Waals surface area contributed by atoms with Gasteiger partial charge >= 0.3 is 0 Å². The Morgan fingerprint density at radius 3 is 2.90 bits per heavy atom. The molecule has 108 valence electrons. The zero-order chi connectivity index (χ0) is 14.5. The van der Waals surface area contributed by atoms with Crippen LogP contribution in [0.4, 0.5) is 0 Å². The van der Waals surface area contributed by atoms with Crippen molar-refractivity contribution in [2.75, 3.05) is 19.8 Å². The first-order chi connectivity index (χ1) is 10.3. The highest BCUT2D eigenvalue weighted by atomic mass is 32.2. The summed E-state index contributed by atoms with van der Waals surface area (Å²) in [5.41, 5.74) is 0.965. The molecule has 0 amide bonds. The molecule has 0 spiro atoms. The first kappa shape index (κ1) is 14.3. The van der Waals surface area contributed by atoms with Crippen LogP contribution in [0.1, 0.15) is 10.4 Å². The van der Waals surface area contributed by atoms with E-state index in [0.717, 1.165) is 27.7 Å². The minimum absolute atomic E-state index is 0.100. The highest BCUT2D eigenvalue weighted by Crippen LogP contribution is 2.35. The molecule has 0 bridgehead atoms. The van der Waals surface area contributed by atoms with Crippen molar-refractivity contribution < 1.29 is 14.6 Å². The molecule has 1 aromatic carbocycles. The van der Waals surface area contributed by atoms with Gasteiger partial charge in [0, 0.05) is 26.5 Å². The molecular weight excluding hydrogens is 304 g/mol. The number of rotatable bonds is 3. The molecule has 3 rings (SSSR count). The van der Waals surface area contributed by atoms with Gasteiger partial charge in [0.2, 0.25) is 0 Å². The summed E-state index contributed by atoms with van der Waals surface area (Å²) >= 11 is 3.45. The highest BCUT2D eigenvalue weighted by Gasteiger charge is 2.12. The molecule has 1 aliphatic heterocycles. The molecule has 5 heteroatoms.